The second kappa shape index (κ2) is 7.12. The maximum atomic E-state index is 13.2. The first-order valence-corrected chi connectivity index (χ1v) is 9.29. The first-order chi connectivity index (χ1) is 12.7. The minimum atomic E-state index is 0.0188. The van der Waals surface area contributed by atoms with Crippen molar-refractivity contribution in [3.8, 4) is 11.5 Å². The highest BCUT2D eigenvalue weighted by molar-refractivity contribution is 5.87. The zero-order chi connectivity index (χ0) is 18.1. The zero-order valence-corrected chi connectivity index (χ0v) is 15.3. The summed E-state index contributed by atoms with van der Waals surface area (Å²) in [5.74, 6) is 2.14. The molecule has 1 heterocycles. The van der Waals surface area contributed by atoms with Crippen molar-refractivity contribution in [3.63, 3.8) is 0 Å². The van der Waals surface area contributed by atoms with Gasteiger partial charge < -0.3 is 14.8 Å². The number of methoxy groups -OCH3 is 2. The molecule has 1 aliphatic heterocycles. The number of carbonyl (C=O) groups excluding carboxylic acids is 1. The number of carbonyl (C=O) groups is 1. The van der Waals surface area contributed by atoms with E-state index >= 15 is 0 Å². The van der Waals surface area contributed by atoms with E-state index < -0.39 is 0 Å². The summed E-state index contributed by atoms with van der Waals surface area (Å²) in [6.07, 6.45) is 3.01. The molecule has 0 aromatic heterocycles. The van der Waals surface area contributed by atoms with Crippen LogP contribution in [0.2, 0.25) is 0 Å². The molecule has 1 aliphatic carbocycles. The Morgan fingerprint density at radius 3 is 1.81 bits per heavy atom. The fourth-order valence-electron chi connectivity index (χ4n) is 4.53. The predicted octanol–water partition coefficient (Wildman–Crippen LogP) is 4.07. The van der Waals surface area contributed by atoms with Crippen LogP contribution < -0.4 is 14.8 Å². The van der Waals surface area contributed by atoms with Crippen molar-refractivity contribution in [2.45, 2.75) is 31.3 Å². The van der Waals surface area contributed by atoms with E-state index in [0.717, 1.165) is 41.9 Å². The van der Waals surface area contributed by atoms with Gasteiger partial charge in [-0.2, -0.15) is 0 Å². The largest absolute Gasteiger partial charge is 0.497 e. The van der Waals surface area contributed by atoms with E-state index in [1.807, 2.05) is 36.4 Å². The number of nitrogens with one attached hydrogen (secondary N) is 1. The molecular formula is C22H25NO3. The number of piperidine rings is 1. The van der Waals surface area contributed by atoms with Crippen LogP contribution in [-0.4, -0.2) is 20.0 Å². The minimum Gasteiger partial charge on any atom is -0.497 e. The fourth-order valence-corrected chi connectivity index (χ4v) is 4.53. The van der Waals surface area contributed by atoms with Gasteiger partial charge in [0.15, 0.2) is 0 Å². The molecule has 1 N–H and O–H groups in total. The van der Waals surface area contributed by atoms with Crippen LogP contribution in [0.25, 0.3) is 0 Å². The van der Waals surface area contributed by atoms with Gasteiger partial charge in [-0.3, -0.25) is 4.79 Å². The molecule has 1 saturated carbocycles. The third-order valence-electron chi connectivity index (χ3n) is 5.83. The highest BCUT2D eigenvalue weighted by Gasteiger charge is 2.46. The molecule has 1 saturated heterocycles. The summed E-state index contributed by atoms with van der Waals surface area (Å²) >= 11 is 0. The molecule has 26 heavy (non-hydrogen) atoms. The van der Waals surface area contributed by atoms with Gasteiger partial charge >= 0.3 is 0 Å². The summed E-state index contributed by atoms with van der Waals surface area (Å²) in [6.45, 7) is 0. The quantitative estimate of drug-likeness (QED) is 0.902. The van der Waals surface area contributed by atoms with Crippen molar-refractivity contribution in [2.24, 2.45) is 11.8 Å². The highest BCUT2D eigenvalue weighted by Crippen LogP contribution is 2.46. The second-order valence-corrected chi connectivity index (χ2v) is 7.22. The number of fused-ring (bicyclic) bond motifs is 2. The van der Waals surface area contributed by atoms with Gasteiger partial charge in [0, 0.05) is 23.9 Å². The minimum absolute atomic E-state index is 0.0188. The summed E-state index contributed by atoms with van der Waals surface area (Å²) in [5, 5.41) is 3.79. The smallest absolute Gasteiger partial charge is 0.142 e. The third-order valence-corrected chi connectivity index (χ3v) is 5.83. The van der Waals surface area contributed by atoms with Gasteiger partial charge in [-0.25, -0.2) is 0 Å². The topological polar surface area (TPSA) is 47.6 Å². The van der Waals surface area contributed by atoms with Gasteiger partial charge in [0.25, 0.3) is 0 Å². The van der Waals surface area contributed by atoms with Gasteiger partial charge in [-0.05, 0) is 48.2 Å². The molecule has 2 aromatic rings. The Bertz CT molecular complexity index is 740. The summed E-state index contributed by atoms with van der Waals surface area (Å²) in [4.78, 5) is 13.2. The van der Waals surface area contributed by atoms with Crippen molar-refractivity contribution in [1.29, 1.82) is 0 Å². The Hall–Kier alpha value is -2.33. The lowest BCUT2D eigenvalue weighted by molar-refractivity contribution is -0.135. The van der Waals surface area contributed by atoms with E-state index in [4.69, 9.17) is 9.47 Å². The lowest BCUT2D eigenvalue weighted by atomic mass is 9.67. The van der Waals surface area contributed by atoms with Crippen molar-refractivity contribution in [1.82, 2.24) is 5.32 Å². The monoisotopic (exact) mass is 351 g/mol. The highest BCUT2D eigenvalue weighted by atomic mass is 16.5. The van der Waals surface area contributed by atoms with Gasteiger partial charge in [0.1, 0.15) is 17.3 Å². The first-order valence-electron chi connectivity index (χ1n) is 9.29. The average Bonchev–Trinajstić information content (AvgIpc) is 2.68. The molecule has 0 radical (unpaired) electrons. The standard InChI is InChI=1S/C22H25NO3/c1-25-16-8-3-6-14(12-16)20-18-10-5-11-19(22(18)24)21(23-20)15-7-4-9-17(13-15)26-2/h3-4,6-9,12-13,18-21,23H,5,10-11H2,1-2H3/t18-,19+,20+,21-. The van der Waals surface area contributed by atoms with Gasteiger partial charge in [-0.1, -0.05) is 30.7 Å². The average molecular weight is 351 g/mol. The molecule has 136 valence electrons. The summed E-state index contributed by atoms with van der Waals surface area (Å²) in [7, 11) is 3.35. The number of Topliss-reactive ketones (excluding diaryl/α,β-unsaturated/α-hetero) is 1. The van der Waals surface area contributed by atoms with E-state index in [2.05, 4.69) is 17.4 Å². The molecular weight excluding hydrogens is 326 g/mol. The Morgan fingerprint density at radius 1 is 0.846 bits per heavy atom. The number of hydrogen-bond donors (Lipinski definition) is 1. The number of ether oxygens (including phenoxy) is 2. The number of ketones is 1. The van der Waals surface area contributed by atoms with Gasteiger partial charge in [0.2, 0.25) is 0 Å². The molecule has 0 amide bonds. The lowest BCUT2D eigenvalue weighted by Gasteiger charge is -2.45. The maximum Gasteiger partial charge on any atom is 0.142 e. The van der Waals surface area contributed by atoms with Crippen LogP contribution >= 0.6 is 0 Å². The lowest BCUT2D eigenvalue weighted by Crippen LogP contribution is -2.50. The molecule has 4 atom stereocenters. The van der Waals surface area contributed by atoms with E-state index in [1.54, 1.807) is 14.2 Å². The van der Waals surface area contributed by atoms with Crippen LogP contribution in [-0.2, 0) is 4.79 Å². The van der Waals surface area contributed by atoms with E-state index in [9.17, 15) is 4.79 Å². The van der Waals surface area contributed by atoms with Crippen LogP contribution in [0.4, 0.5) is 0 Å². The normalized spacial score (nSPS) is 27.8. The SMILES string of the molecule is COc1cccc([C@H]2N[C@@H](c3cccc(OC)c3)[C@H]3CCC[C@@H]2C3=O)c1. The van der Waals surface area contributed by atoms with Crippen molar-refractivity contribution < 1.29 is 14.3 Å². The molecule has 4 heteroatoms. The van der Waals surface area contributed by atoms with Gasteiger partial charge in [-0.15, -0.1) is 0 Å². The summed E-state index contributed by atoms with van der Waals surface area (Å²) in [5.41, 5.74) is 2.24. The zero-order valence-electron chi connectivity index (χ0n) is 15.3. The molecule has 2 aliphatic rings. The molecule has 2 bridgehead atoms. The Kier molecular flexibility index (Phi) is 4.68. The predicted molar refractivity (Wildman–Crippen MR) is 100 cm³/mol. The molecule has 4 nitrogen and oxygen atoms in total. The molecule has 2 fully saturated rings. The first kappa shape index (κ1) is 17.1. The number of hydrogen-bond acceptors (Lipinski definition) is 4. The molecule has 0 spiro atoms. The summed E-state index contributed by atoms with van der Waals surface area (Å²) < 4.78 is 10.8. The number of benzene rings is 2. The van der Waals surface area contributed by atoms with E-state index in [-0.39, 0.29) is 23.9 Å². The maximum absolute atomic E-state index is 13.2. The molecule has 2 aromatic carbocycles. The van der Waals surface area contributed by atoms with Crippen molar-refractivity contribution in [2.75, 3.05) is 14.2 Å². The molecule has 0 unspecified atom stereocenters. The van der Waals surface area contributed by atoms with Crippen molar-refractivity contribution >= 4 is 5.78 Å². The number of rotatable bonds is 4. The van der Waals surface area contributed by atoms with E-state index in [1.165, 1.54) is 0 Å². The molecule has 4 rings (SSSR count). The van der Waals surface area contributed by atoms with Crippen molar-refractivity contribution in [3.05, 3.63) is 59.7 Å². The Morgan fingerprint density at radius 2 is 1.35 bits per heavy atom. The Labute approximate surface area is 154 Å². The van der Waals surface area contributed by atoms with Crippen LogP contribution in [0.1, 0.15) is 42.5 Å². The fraction of sp³-hybridized carbons (Fsp3) is 0.409. The third kappa shape index (κ3) is 2.99. The van der Waals surface area contributed by atoms with Crippen LogP contribution in [0.3, 0.4) is 0 Å². The summed E-state index contributed by atoms with van der Waals surface area (Å²) in [6, 6.07) is 16.2. The van der Waals surface area contributed by atoms with Crippen LogP contribution in [0.15, 0.2) is 48.5 Å². The van der Waals surface area contributed by atoms with Gasteiger partial charge in [0.05, 0.1) is 14.2 Å². The Balaban J connectivity index is 1.72. The van der Waals surface area contributed by atoms with Crippen LogP contribution in [0.5, 0.6) is 11.5 Å². The van der Waals surface area contributed by atoms with E-state index in [0.29, 0.717) is 5.78 Å². The second-order valence-electron chi connectivity index (χ2n) is 7.22. The van der Waals surface area contributed by atoms with Crippen LogP contribution in [0, 0.1) is 11.8 Å².